The van der Waals surface area contributed by atoms with Gasteiger partial charge in [0, 0.05) is 37.9 Å². The number of carbonyl (C=O) groups is 1. The lowest BCUT2D eigenvalue weighted by Crippen LogP contribution is -2.38. The molecule has 3 aromatic rings. The van der Waals surface area contributed by atoms with Gasteiger partial charge in [-0.05, 0) is 48.5 Å². The standard InChI is InChI=1S/C20H19N3O2.3C2H6/c1-22(16-6-4-3-5-7-16)20(24)23(2)17-8-10-18(11-9-17)25-19-12-14-21-15-13-19;3*1-2/h3-15H,1-2H3;3*1-2H3. The Kier molecular flexibility index (Phi) is 14.7. The minimum absolute atomic E-state index is 0.117. The molecule has 0 unspecified atom stereocenters. The first-order valence-electron chi connectivity index (χ1n) is 10.9. The summed E-state index contributed by atoms with van der Waals surface area (Å²) < 4.78 is 5.74. The highest BCUT2D eigenvalue weighted by molar-refractivity contribution is 6.02. The van der Waals surface area contributed by atoms with E-state index in [0.717, 1.165) is 17.1 Å². The predicted octanol–water partition coefficient (Wildman–Crippen LogP) is 7.65. The van der Waals surface area contributed by atoms with Crippen LogP contribution in [0.5, 0.6) is 11.5 Å². The van der Waals surface area contributed by atoms with Gasteiger partial charge < -0.3 is 4.74 Å². The number of rotatable bonds is 4. The van der Waals surface area contributed by atoms with Crippen LogP contribution >= 0.6 is 0 Å². The SMILES string of the molecule is CC.CC.CC.CN(C(=O)N(C)c1ccc(Oc2ccncc2)cc1)c1ccccc1. The zero-order valence-electron chi connectivity index (χ0n) is 20.2. The number of nitrogens with zero attached hydrogens (tertiary/aromatic N) is 3. The van der Waals surface area contributed by atoms with Crippen LogP contribution in [0, 0.1) is 0 Å². The second-order valence-corrected chi connectivity index (χ2v) is 5.52. The average molecular weight is 424 g/mol. The van der Waals surface area contributed by atoms with Crippen molar-refractivity contribution >= 4 is 17.4 Å². The van der Waals surface area contributed by atoms with Crippen LogP contribution in [0.4, 0.5) is 16.2 Å². The van der Waals surface area contributed by atoms with Crippen LogP contribution in [0.2, 0.25) is 0 Å². The molecule has 0 saturated carbocycles. The fraction of sp³-hybridized carbons (Fsp3) is 0.308. The fourth-order valence-electron chi connectivity index (χ4n) is 2.38. The van der Waals surface area contributed by atoms with E-state index in [0.29, 0.717) is 5.75 Å². The summed E-state index contributed by atoms with van der Waals surface area (Å²) in [7, 11) is 3.51. The third kappa shape index (κ3) is 8.91. The highest BCUT2D eigenvalue weighted by Crippen LogP contribution is 2.24. The van der Waals surface area contributed by atoms with Crippen molar-refractivity contribution in [2.24, 2.45) is 0 Å². The number of aromatic nitrogens is 1. The van der Waals surface area contributed by atoms with Gasteiger partial charge in [-0.3, -0.25) is 14.8 Å². The number of hydrogen-bond acceptors (Lipinski definition) is 3. The van der Waals surface area contributed by atoms with E-state index in [1.807, 2.05) is 96.1 Å². The van der Waals surface area contributed by atoms with E-state index in [1.54, 1.807) is 48.4 Å². The van der Waals surface area contributed by atoms with E-state index in [4.69, 9.17) is 4.74 Å². The largest absolute Gasteiger partial charge is 0.457 e. The van der Waals surface area contributed by atoms with Crippen molar-refractivity contribution in [1.82, 2.24) is 4.98 Å². The minimum Gasteiger partial charge on any atom is -0.457 e. The van der Waals surface area contributed by atoms with Crippen molar-refractivity contribution in [3.8, 4) is 11.5 Å². The lowest BCUT2D eigenvalue weighted by molar-refractivity contribution is 0.253. The molecule has 2 aromatic carbocycles. The van der Waals surface area contributed by atoms with Crippen LogP contribution in [-0.4, -0.2) is 25.1 Å². The van der Waals surface area contributed by atoms with Gasteiger partial charge in [0.25, 0.3) is 0 Å². The molecule has 0 aliphatic rings. The normalized spacial score (nSPS) is 8.77. The molecular weight excluding hydrogens is 386 g/mol. The molecule has 0 N–H and O–H groups in total. The van der Waals surface area contributed by atoms with E-state index in [1.165, 1.54) is 0 Å². The van der Waals surface area contributed by atoms with Crippen LogP contribution in [0.1, 0.15) is 41.5 Å². The number of ether oxygens (including phenoxy) is 1. The molecule has 1 aromatic heterocycles. The lowest BCUT2D eigenvalue weighted by Gasteiger charge is -2.25. The van der Waals surface area contributed by atoms with Crippen molar-refractivity contribution in [3.63, 3.8) is 0 Å². The van der Waals surface area contributed by atoms with Crippen molar-refractivity contribution < 1.29 is 9.53 Å². The topological polar surface area (TPSA) is 45.7 Å². The zero-order valence-corrected chi connectivity index (χ0v) is 20.2. The molecular formula is C26H37N3O2. The zero-order chi connectivity index (χ0) is 23.6. The molecule has 0 radical (unpaired) electrons. The number of anilines is 2. The van der Waals surface area contributed by atoms with Crippen molar-refractivity contribution in [2.45, 2.75) is 41.5 Å². The number of hydrogen-bond donors (Lipinski definition) is 0. The highest BCUT2D eigenvalue weighted by atomic mass is 16.5. The molecule has 31 heavy (non-hydrogen) atoms. The molecule has 0 aliphatic carbocycles. The van der Waals surface area contributed by atoms with E-state index in [-0.39, 0.29) is 6.03 Å². The van der Waals surface area contributed by atoms with E-state index in [9.17, 15) is 4.79 Å². The summed E-state index contributed by atoms with van der Waals surface area (Å²) in [4.78, 5) is 19.8. The maximum absolute atomic E-state index is 12.6. The lowest BCUT2D eigenvalue weighted by atomic mass is 10.2. The van der Waals surface area contributed by atoms with E-state index in [2.05, 4.69) is 4.98 Å². The molecule has 5 heteroatoms. The summed E-state index contributed by atoms with van der Waals surface area (Å²) in [6, 6.07) is 20.4. The highest BCUT2D eigenvalue weighted by Gasteiger charge is 2.17. The van der Waals surface area contributed by atoms with E-state index >= 15 is 0 Å². The molecule has 0 fully saturated rings. The third-order valence-electron chi connectivity index (χ3n) is 3.83. The van der Waals surface area contributed by atoms with E-state index < -0.39 is 0 Å². The molecule has 0 bridgehead atoms. The Labute approximate surface area is 188 Å². The Morgan fingerprint density at radius 1 is 0.645 bits per heavy atom. The fourth-order valence-corrected chi connectivity index (χ4v) is 2.38. The maximum atomic E-state index is 12.6. The monoisotopic (exact) mass is 423 g/mol. The molecule has 5 nitrogen and oxygen atoms in total. The third-order valence-corrected chi connectivity index (χ3v) is 3.83. The molecule has 0 atom stereocenters. The van der Waals surface area contributed by atoms with Gasteiger partial charge in [-0.15, -0.1) is 0 Å². The molecule has 2 amide bonds. The second-order valence-electron chi connectivity index (χ2n) is 5.52. The summed E-state index contributed by atoms with van der Waals surface area (Å²) in [5.74, 6) is 1.42. The first-order valence-corrected chi connectivity index (χ1v) is 10.9. The first-order chi connectivity index (χ1) is 15.1. The smallest absolute Gasteiger partial charge is 0.328 e. The maximum Gasteiger partial charge on any atom is 0.328 e. The predicted molar refractivity (Wildman–Crippen MR) is 133 cm³/mol. The molecule has 3 rings (SSSR count). The number of urea groups is 1. The van der Waals surface area contributed by atoms with Gasteiger partial charge in [0.1, 0.15) is 11.5 Å². The summed E-state index contributed by atoms with van der Waals surface area (Å²) in [5.41, 5.74) is 1.63. The van der Waals surface area contributed by atoms with Gasteiger partial charge >= 0.3 is 6.03 Å². The minimum atomic E-state index is -0.117. The summed E-state index contributed by atoms with van der Waals surface area (Å²) >= 11 is 0. The van der Waals surface area contributed by atoms with Crippen LogP contribution in [0.25, 0.3) is 0 Å². The second kappa shape index (κ2) is 16.5. The van der Waals surface area contributed by atoms with Gasteiger partial charge in [0.2, 0.25) is 0 Å². The summed E-state index contributed by atoms with van der Waals surface area (Å²) in [6.45, 7) is 12.0. The Morgan fingerprint density at radius 2 is 1.06 bits per heavy atom. The first kappa shape index (κ1) is 27.7. The summed E-state index contributed by atoms with van der Waals surface area (Å²) in [6.07, 6.45) is 3.35. The van der Waals surface area contributed by atoms with Gasteiger partial charge in [-0.1, -0.05) is 59.7 Å². The van der Waals surface area contributed by atoms with Crippen molar-refractivity contribution in [1.29, 1.82) is 0 Å². The van der Waals surface area contributed by atoms with Crippen LogP contribution < -0.4 is 14.5 Å². The Balaban J connectivity index is 0.00000138. The number of carbonyl (C=O) groups excluding carboxylic acids is 1. The Hall–Kier alpha value is -3.34. The van der Waals surface area contributed by atoms with Gasteiger partial charge in [-0.2, -0.15) is 0 Å². The average Bonchev–Trinajstić information content (AvgIpc) is 2.88. The van der Waals surface area contributed by atoms with Crippen molar-refractivity contribution in [3.05, 3.63) is 79.1 Å². The Bertz CT molecular complexity index is 822. The number of para-hydroxylation sites is 1. The molecule has 1 heterocycles. The molecule has 0 spiro atoms. The molecule has 168 valence electrons. The summed E-state index contributed by atoms with van der Waals surface area (Å²) in [5, 5.41) is 0. The van der Waals surface area contributed by atoms with Gasteiger partial charge in [-0.25, -0.2) is 4.79 Å². The van der Waals surface area contributed by atoms with Gasteiger partial charge in [0.05, 0.1) is 0 Å². The van der Waals surface area contributed by atoms with Crippen LogP contribution in [0.3, 0.4) is 0 Å². The van der Waals surface area contributed by atoms with Crippen molar-refractivity contribution in [2.75, 3.05) is 23.9 Å². The molecule has 0 saturated heterocycles. The van der Waals surface area contributed by atoms with Gasteiger partial charge in [0.15, 0.2) is 0 Å². The van der Waals surface area contributed by atoms with Crippen LogP contribution in [0.15, 0.2) is 79.1 Å². The number of amides is 2. The quantitative estimate of drug-likeness (QED) is 0.433. The Morgan fingerprint density at radius 3 is 1.55 bits per heavy atom. The molecule has 0 aliphatic heterocycles. The van der Waals surface area contributed by atoms with Crippen LogP contribution in [-0.2, 0) is 0 Å². The number of benzene rings is 2. The number of pyridine rings is 1.